The van der Waals surface area contributed by atoms with Crippen molar-refractivity contribution < 1.29 is 4.79 Å². The molecule has 1 aliphatic heterocycles. The van der Waals surface area contributed by atoms with E-state index in [1.807, 2.05) is 33.8 Å². The number of hydrogen-bond acceptors (Lipinski definition) is 6. The fourth-order valence-corrected chi connectivity index (χ4v) is 4.74. The van der Waals surface area contributed by atoms with Crippen molar-refractivity contribution in [1.29, 1.82) is 0 Å². The number of anilines is 1. The minimum Gasteiger partial charge on any atom is -0.369 e. The van der Waals surface area contributed by atoms with Gasteiger partial charge in [-0.1, -0.05) is 12.1 Å². The number of nitrogens with zero attached hydrogens (tertiary/aromatic N) is 6. The molecule has 3 heterocycles. The van der Waals surface area contributed by atoms with E-state index in [0.717, 1.165) is 67.5 Å². The number of aryl methyl sites for hydroxylation is 4. The van der Waals surface area contributed by atoms with E-state index in [4.69, 9.17) is 0 Å². The Hall–Kier alpha value is -3.26. The van der Waals surface area contributed by atoms with Crippen LogP contribution in [0.2, 0.25) is 0 Å². The summed E-state index contributed by atoms with van der Waals surface area (Å²) in [7, 11) is 0. The molecule has 1 fully saturated rings. The average molecular weight is 476 g/mol. The van der Waals surface area contributed by atoms with Crippen molar-refractivity contribution in [3.8, 4) is 5.95 Å². The summed E-state index contributed by atoms with van der Waals surface area (Å²) in [6, 6.07) is 10.7. The van der Waals surface area contributed by atoms with Crippen LogP contribution in [0.1, 0.15) is 40.3 Å². The lowest BCUT2D eigenvalue weighted by Gasteiger charge is -2.36. The molecule has 0 aliphatic carbocycles. The normalized spacial score (nSPS) is 14.4. The smallest absolute Gasteiger partial charge is 0.251 e. The molecule has 186 valence electrons. The minimum atomic E-state index is 0.0290. The number of benzene rings is 1. The molecule has 1 amide bonds. The maximum absolute atomic E-state index is 12.6. The van der Waals surface area contributed by atoms with E-state index in [9.17, 15) is 4.79 Å². The van der Waals surface area contributed by atoms with Crippen LogP contribution in [0.4, 0.5) is 5.69 Å². The Morgan fingerprint density at radius 3 is 2.37 bits per heavy atom. The Kier molecular flexibility index (Phi) is 7.80. The lowest BCUT2D eigenvalue weighted by Crippen LogP contribution is -2.47. The van der Waals surface area contributed by atoms with E-state index in [2.05, 4.69) is 61.4 Å². The molecule has 0 unspecified atom stereocenters. The Morgan fingerprint density at radius 1 is 0.971 bits per heavy atom. The number of piperazine rings is 1. The van der Waals surface area contributed by atoms with Crippen LogP contribution in [0, 0.1) is 34.6 Å². The predicted octanol–water partition coefficient (Wildman–Crippen LogP) is 3.08. The number of aromatic nitrogens is 4. The monoisotopic (exact) mass is 475 g/mol. The molecule has 8 nitrogen and oxygen atoms in total. The SMILES string of the molecule is Cc1cccc(N2CCN(CCCNC(=O)Cc3c(C)nn(-c4nc(C)cc(C)n4)c3C)CC2)c1. The molecular weight excluding hydrogens is 438 g/mol. The van der Waals surface area contributed by atoms with Crippen molar-refractivity contribution in [2.24, 2.45) is 0 Å². The van der Waals surface area contributed by atoms with Crippen LogP contribution in [-0.4, -0.2) is 69.8 Å². The number of rotatable bonds is 8. The quantitative estimate of drug-likeness (QED) is 0.505. The molecule has 35 heavy (non-hydrogen) atoms. The molecular formula is C27H37N7O. The van der Waals surface area contributed by atoms with Gasteiger partial charge in [0, 0.05) is 61.1 Å². The van der Waals surface area contributed by atoms with E-state index in [0.29, 0.717) is 18.9 Å². The number of nitrogens with one attached hydrogen (secondary N) is 1. The third-order valence-corrected chi connectivity index (χ3v) is 6.65. The Labute approximate surface area is 208 Å². The number of hydrogen-bond donors (Lipinski definition) is 1. The zero-order chi connectivity index (χ0) is 24.9. The number of carbonyl (C=O) groups excluding carboxylic acids is 1. The lowest BCUT2D eigenvalue weighted by atomic mass is 10.1. The van der Waals surface area contributed by atoms with Crippen molar-refractivity contribution in [1.82, 2.24) is 30.0 Å². The molecule has 1 N–H and O–H groups in total. The largest absolute Gasteiger partial charge is 0.369 e. The van der Waals surface area contributed by atoms with E-state index >= 15 is 0 Å². The number of carbonyl (C=O) groups is 1. The van der Waals surface area contributed by atoms with E-state index < -0.39 is 0 Å². The summed E-state index contributed by atoms with van der Waals surface area (Å²) in [5.41, 5.74) is 7.11. The highest BCUT2D eigenvalue weighted by atomic mass is 16.1. The standard InChI is InChI=1S/C27H37N7O/c1-19-8-6-9-24(16-19)33-14-12-32(13-15-33)11-7-10-28-26(35)18-25-22(4)31-34(23(25)5)27-29-20(2)17-21(3)30-27/h6,8-9,16-17H,7,10-15,18H2,1-5H3,(H,28,35). The molecule has 8 heteroatoms. The first-order chi connectivity index (χ1) is 16.8. The van der Waals surface area contributed by atoms with Crippen LogP contribution in [0.15, 0.2) is 30.3 Å². The van der Waals surface area contributed by atoms with Crippen LogP contribution in [-0.2, 0) is 11.2 Å². The van der Waals surface area contributed by atoms with Gasteiger partial charge in [0.1, 0.15) is 0 Å². The summed E-state index contributed by atoms with van der Waals surface area (Å²) in [5.74, 6) is 0.582. The van der Waals surface area contributed by atoms with Crippen LogP contribution in [0.5, 0.6) is 0 Å². The highest BCUT2D eigenvalue weighted by molar-refractivity contribution is 5.79. The first-order valence-corrected chi connectivity index (χ1v) is 12.5. The second-order valence-corrected chi connectivity index (χ2v) is 9.56. The van der Waals surface area contributed by atoms with E-state index in [-0.39, 0.29) is 5.91 Å². The van der Waals surface area contributed by atoms with Gasteiger partial charge in [0.25, 0.3) is 5.95 Å². The zero-order valence-electron chi connectivity index (χ0n) is 21.6. The van der Waals surface area contributed by atoms with Crippen molar-refractivity contribution in [2.75, 3.05) is 44.2 Å². The van der Waals surface area contributed by atoms with Gasteiger partial charge in [0.2, 0.25) is 5.91 Å². The van der Waals surface area contributed by atoms with Gasteiger partial charge in [-0.2, -0.15) is 5.10 Å². The summed E-state index contributed by atoms with van der Waals surface area (Å²) in [6.07, 6.45) is 1.27. The molecule has 3 aromatic rings. The van der Waals surface area contributed by atoms with Crippen LogP contribution in [0.3, 0.4) is 0 Å². The molecule has 1 aliphatic rings. The van der Waals surface area contributed by atoms with Gasteiger partial charge in [0.05, 0.1) is 12.1 Å². The summed E-state index contributed by atoms with van der Waals surface area (Å²) in [6.45, 7) is 15.8. The lowest BCUT2D eigenvalue weighted by molar-refractivity contribution is -0.120. The third-order valence-electron chi connectivity index (χ3n) is 6.65. The maximum atomic E-state index is 12.6. The molecule has 0 bridgehead atoms. The van der Waals surface area contributed by atoms with Crippen LogP contribution < -0.4 is 10.2 Å². The van der Waals surface area contributed by atoms with Crippen molar-refractivity contribution >= 4 is 11.6 Å². The summed E-state index contributed by atoms with van der Waals surface area (Å²) in [5, 5.41) is 7.70. The van der Waals surface area contributed by atoms with Crippen LogP contribution >= 0.6 is 0 Å². The molecule has 2 aromatic heterocycles. The molecule has 1 aromatic carbocycles. The highest BCUT2D eigenvalue weighted by Gasteiger charge is 2.19. The second kappa shape index (κ2) is 11.0. The van der Waals surface area contributed by atoms with Gasteiger partial charge in [0.15, 0.2) is 0 Å². The number of amides is 1. The Morgan fingerprint density at radius 2 is 1.69 bits per heavy atom. The van der Waals surface area contributed by atoms with Gasteiger partial charge in [-0.15, -0.1) is 0 Å². The maximum Gasteiger partial charge on any atom is 0.251 e. The second-order valence-electron chi connectivity index (χ2n) is 9.56. The molecule has 0 atom stereocenters. The van der Waals surface area contributed by atoms with E-state index in [1.165, 1.54) is 11.3 Å². The van der Waals surface area contributed by atoms with Gasteiger partial charge in [-0.3, -0.25) is 9.69 Å². The predicted molar refractivity (Wildman–Crippen MR) is 139 cm³/mol. The topological polar surface area (TPSA) is 79.2 Å². The summed E-state index contributed by atoms with van der Waals surface area (Å²) in [4.78, 5) is 26.6. The van der Waals surface area contributed by atoms with Crippen molar-refractivity contribution in [3.05, 3.63) is 64.2 Å². The van der Waals surface area contributed by atoms with Crippen LogP contribution in [0.25, 0.3) is 5.95 Å². The van der Waals surface area contributed by atoms with E-state index in [1.54, 1.807) is 4.68 Å². The van der Waals surface area contributed by atoms with Gasteiger partial charge in [-0.05, 0) is 71.3 Å². The summed E-state index contributed by atoms with van der Waals surface area (Å²) < 4.78 is 1.74. The third kappa shape index (κ3) is 6.25. The highest BCUT2D eigenvalue weighted by Crippen LogP contribution is 2.19. The zero-order valence-corrected chi connectivity index (χ0v) is 21.6. The Balaban J connectivity index is 1.22. The summed E-state index contributed by atoms with van der Waals surface area (Å²) >= 11 is 0. The van der Waals surface area contributed by atoms with Gasteiger partial charge >= 0.3 is 0 Å². The Bertz CT molecular complexity index is 1160. The molecule has 0 spiro atoms. The first kappa shape index (κ1) is 24.9. The van der Waals surface area contributed by atoms with Gasteiger partial charge < -0.3 is 10.2 Å². The molecule has 4 rings (SSSR count). The van der Waals surface area contributed by atoms with Crippen molar-refractivity contribution in [3.63, 3.8) is 0 Å². The average Bonchev–Trinajstić information content (AvgIpc) is 3.10. The fourth-order valence-electron chi connectivity index (χ4n) is 4.74. The molecule has 0 saturated carbocycles. The fraction of sp³-hybridized carbons (Fsp3) is 0.481. The van der Waals surface area contributed by atoms with Gasteiger partial charge in [-0.25, -0.2) is 14.6 Å². The molecule has 1 saturated heterocycles. The van der Waals surface area contributed by atoms with Crippen molar-refractivity contribution in [2.45, 2.75) is 47.5 Å². The first-order valence-electron chi connectivity index (χ1n) is 12.5. The molecule has 0 radical (unpaired) electrons. The minimum absolute atomic E-state index is 0.0290.